The Hall–Kier alpha value is 2.11. The van der Waals surface area contributed by atoms with Gasteiger partial charge in [-0.3, -0.25) is 29.9 Å². The molecule has 0 saturated heterocycles. The number of rotatable bonds is 0. The van der Waals surface area contributed by atoms with Crippen LogP contribution in [0.25, 0.3) is 0 Å². The topological polar surface area (TPSA) is 77.3 Å². The molecule has 21 heavy (non-hydrogen) atoms. The first-order valence-corrected chi connectivity index (χ1v) is 6.36. The molecule has 0 spiro atoms. The summed E-state index contributed by atoms with van der Waals surface area (Å²) in [6, 6.07) is 0. The first-order valence-electron chi connectivity index (χ1n) is 3.91. The fourth-order valence-corrected chi connectivity index (χ4v) is 2.03. The van der Waals surface area contributed by atoms with Crippen LogP contribution < -0.4 is 0 Å². The second-order valence-electron chi connectivity index (χ2n) is 2.37. The van der Waals surface area contributed by atoms with E-state index in [-0.39, 0.29) is 113 Å². The van der Waals surface area contributed by atoms with E-state index in [1.54, 1.807) is 0 Å². The monoisotopic (exact) mass is 972 g/mol. The molecule has 0 N–H and O–H groups in total. The molecule has 0 aromatic carbocycles. The van der Waals surface area contributed by atoms with Crippen molar-refractivity contribution in [3.63, 3.8) is 0 Å². The van der Waals surface area contributed by atoms with Crippen molar-refractivity contribution in [3.05, 3.63) is 0 Å². The molecule has 2 heterocycles. The van der Waals surface area contributed by atoms with E-state index in [1.807, 2.05) is 0 Å². The van der Waals surface area contributed by atoms with E-state index in [2.05, 4.69) is 106 Å². The molecule has 2 rings (SSSR count). The average Bonchev–Trinajstić information content (AvgIpc) is 2.12. The first-order chi connectivity index (χ1) is 8.36. The Morgan fingerprint density at radius 1 is 0.333 bits per heavy atom. The van der Waals surface area contributed by atoms with Crippen LogP contribution in [0.5, 0.6) is 0 Å². The van der Waals surface area contributed by atoms with Gasteiger partial charge in [0.15, 0.2) is 0 Å². The fourth-order valence-electron chi connectivity index (χ4n) is 0.641. The van der Waals surface area contributed by atoms with Gasteiger partial charge in [-0.2, -0.15) is 0 Å². The van der Waals surface area contributed by atoms with E-state index >= 15 is 0 Å². The molecule has 0 bridgehead atoms. The molecule has 0 saturated carbocycles. The number of nitrogens with zero attached hydrogens (tertiary/aromatic N) is 6. The second-order valence-corrected chi connectivity index (χ2v) is 4.56. The summed E-state index contributed by atoms with van der Waals surface area (Å²) in [5.41, 5.74) is 0. The van der Waals surface area contributed by atoms with Crippen LogP contribution in [0, 0.1) is 0 Å². The van der Waals surface area contributed by atoms with Gasteiger partial charge in [0.2, 0.25) is 0 Å². The van der Waals surface area contributed by atoms with Crippen molar-refractivity contribution in [3.8, 4) is 0 Å². The van der Waals surface area contributed by atoms with Crippen LogP contribution in [0.3, 0.4) is 0 Å². The minimum Gasteiger partial charge on any atom is -0.740 e. The zero-order valence-electron chi connectivity index (χ0n) is 9.63. The standard InChI is InChI=1S/2C3H3N3S3.3Pb/c2*7-1-4-2(8)6-3(9)5-1;;;/h2*(H3,4,5,6,7,8,9);;;/q;;3*+2/p-6. The van der Waals surface area contributed by atoms with Crippen molar-refractivity contribution in [2.45, 2.75) is 30.9 Å². The van der Waals surface area contributed by atoms with Gasteiger partial charge in [-0.1, -0.05) is 0 Å². The van der Waals surface area contributed by atoms with Gasteiger partial charge in [0.25, 0.3) is 0 Å². The van der Waals surface area contributed by atoms with Gasteiger partial charge in [0.1, 0.15) is 0 Å². The summed E-state index contributed by atoms with van der Waals surface area (Å²) in [4.78, 5) is 21.5. The smallest absolute Gasteiger partial charge is 0.740 e. The van der Waals surface area contributed by atoms with Crippen molar-refractivity contribution in [2.75, 3.05) is 0 Å². The molecule has 0 aliphatic rings. The van der Waals surface area contributed by atoms with Crippen LogP contribution in [0.4, 0.5) is 0 Å². The average molecular weight is 970 g/mol. The first kappa shape index (κ1) is 27.9. The molecule has 15 heteroatoms. The summed E-state index contributed by atoms with van der Waals surface area (Å²) < 4.78 is 0. The third-order valence-corrected chi connectivity index (χ3v) is 2.24. The SMILES string of the molecule is [Pb+2].[Pb+2].[Pb+2].[S-]c1nc([S-])nc([S-])n1.[S-]c1nc([S-])nc([S-])n1. The summed E-state index contributed by atoms with van der Waals surface area (Å²) in [6.07, 6.45) is 0. The Labute approximate surface area is 215 Å². The molecule has 0 amide bonds. The van der Waals surface area contributed by atoms with Crippen LogP contribution in [0.2, 0.25) is 0 Å². The van der Waals surface area contributed by atoms with Crippen molar-refractivity contribution in [2.24, 2.45) is 0 Å². The van der Waals surface area contributed by atoms with E-state index in [9.17, 15) is 0 Å². The summed E-state index contributed by atoms with van der Waals surface area (Å²) in [7, 11) is 0. The number of hydrogen-bond acceptors (Lipinski definition) is 12. The van der Waals surface area contributed by atoms with E-state index in [0.717, 1.165) is 0 Å². The molecule has 0 aliphatic heterocycles. The molecule has 102 valence electrons. The zero-order valence-corrected chi connectivity index (χ0v) is 26.2. The van der Waals surface area contributed by atoms with E-state index in [0.29, 0.717) is 0 Å². The normalized spacial score (nSPS) is 8.00. The molecule has 0 unspecified atom stereocenters. The van der Waals surface area contributed by atoms with E-state index in [1.165, 1.54) is 0 Å². The maximum absolute atomic E-state index is 4.59. The minimum atomic E-state index is 0. The van der Waals surface area contributed by atoms with Crippen LogP contribution in [0.1, 0.15) is 0 Å². The minimum absolute atomic E-state index is 0. The zero-order chi connectivity index (χ0) is 13.7. The molecule has 2 aromatic heterocycles. The molecule has 0 aliphatic carbocycles. The predicted molar refractivity (Wildman–Crippen MR) is 90.7 cm³/mol. The molecule has 2 aromatic rings. The summed E-state index contributed by atoms with van der Waals surface area (Å²) in [5.74, 6) is 0. The summed E-state index contributed by atoms with van der Waals surface area (Å²) in [5, 5.41) is 1.00. The molecule has 6 radical (unpaired) electrons. The van der Waals surface area contributed by atoms with Crippen LogP contribution in [0.15, 0.2) is 30.9 Å². The van der Waals surface area contributed by atoms with Gasteiger partial charge in [-0.05, 0) is 0 Å². The Bertz CT molecular complexity index is 412. The Kier molecular flexibility index (Phi) is 19.2. The van der Waals surface area contributed by atoms with Gasteiger partial charge in [0, 0.05) is 30.9 Å². The Morgan fingerprint density at radius 3 is 0.524 bits per heavy atom. The van der Waals surface area contributed by atoms with Gasteiger partial charge >= 0.3 is 81.9 Å². The van der Waals surface area contributed by atoms with Gasteiger partial charge < -0.3 is 75.8 Å². The molecule has 6 nitrogen and oxygen atoms in total. The Morgan fingerprint density at radius 2 is 0.429 bits per heavy atom. The summed E-state index contributed by atoms with van der Waals surface area (Å²) >= 11 is 27.5. The van der Waals surface area contributed by atoms with Crippen molar-refractivity contribution in [1.29, 1.82) is 0 Å². The van der Waals surface area contributed by atoms with Crippen molar-refractivity contribution >= 4 is 158 Å². The number of hydrogen-bond donors (Lipinski definition) is 0. The third-order valence-electron chi connectivity index (χ3n) is 1.15. The number of aromatic nitrogens is 6. The van der Waals surface area contributed by atoms with Gasteiger partial charge in [-0.15, -0.1) is 0 Å². The van der Waals surface area contributed by atoms with Crippen LogP contribution in [-0.4, -0.2) is 112 Å². The van der Waals surface area contributed by atoms with E-state index in [4.69, 9.17) is 0 Å². The van der Waals surface area contributed by atoms with Gasteiger partial charge in [-0.25, -0.2) is 0 Å². The fraction of sp³-hybridized carbons (Fsp3) is 0. The van der Waals surface area contributed by atoms with Crippen molar-refractivity contribution < 1.29 is 0 Å². The molecular formula is C6N6Pb3S6. The Balaban J connectivity index is -0.000000270. The molecular weight excluding hydrogens is 970 g/mol. The molecule has 0 atom stereocenters. The summed E-state index contributed by atoms with van der Waals surface area (Å²) in [6.45, 7) is 0. The van der Waals surface area contributed by atoms with Crippen molar-refractivity contribution in [1.82, 2.24) is 29.9 Å². The largest absolute Gasteiger partial charge is 2.00 e. The quantitative estimate of drug-likeness (QED) is 0.218. The van der Waals surface area contributed by atoms with E-state index < -0.39 is 0 Å². The third kappa shape index (κ3) is 13.1. The predicted octanol–water partition coefficient (Wildman–Crippen LogP) is -1.96. The second kappa shape index (κ2) is 14.4. The molecule has 0 fully saturated rings. The van der Waals surface area contributed by atoms with Crippen LogP contribution in [-0.2, 0) is 75.8 Å². The maximum Gasteiger partial charge on any atom is 2.00 e. The van der Waals surface area contributed by atoms with Crippen LogP contribution >= 0.6 is 0 Å². The maximum atomic E-state index is 4.59. The van der Waals surface area contributed by atoms with Gasteiger partial charge in [0.05, 0.1) is 0 Å².